The van der Waals surface area contributed by atoms with Gasteiger partial charge in [-0.2, -0.15) is 21.5 Å². The lowest BCUT2D eigenvalue weighted by Crippen LogP contribution is -2.45. The normalized spacial score (nSPS) is 18.1. The molecule has 1 aromatic carbocycles. The highest BCUT2D eigenvalue weighted by molar-refractivity contribution is 7.86. The van der Waals surface area contributed by atoms with Crippen LogP contribution >= 0.6 is 0 Å². The molecule has 3 N–H and O–H groups in total. The molecule has 0 unspecified atom stereocenters. The number of halogens is 2. The van der Waals surface area contributed by atoms with E-state index in [2.05, 4.69) is 10.1 Å². The van der Waals surface area contributed by atoms with E-state index in [1.54, 1.807) is 19.1 Å². The number of rotatable bonds is 6. The SMILES string of the molecule is C[C@@H](NC(=O)C1CCN(S(N)(=O)=O)CC1)c1cccc(OC(F)F)c1. The molecule has 0 aliphatic carbocycles. The maximum Gasteiger partial charge on any atom is 0.387 e. The van der Waals surface area contributed by atoms with Gasteiger partial charge >= 0.3 is 6.61 Å². The van der Waals surface area contributed by atoms with Crippen molar-refractivity contribution in [2.75, 3.05) is 13.1 Å². The van der Waals surface area contributed by atoms with Crippen molar-refractivity contribution in [2.24, 2.45) is 11.1 Å². The number of alkyl halides is 2. The molecule has 0 radical (unpaired) electrons. The van der Waals surface area contributed by atoms with E-state index in [-0.39, 0.29) is 30.7 Å². The summed E-state index contributed by atoms with van der Waals surface area (Å²) >= 11 is 0. The fraction of sp³-hybridized carbons (Fsp3) is 0.533. The number of amides is 1. The van der Waals surface area contributed by atoms with E-state index in [4.69, 9.17) is 5.14 Å². The van der Waals surface area contributed by atoms with Crippen molar-refractivity contribution >= 4 is 16.1 Å². The highest BCUT2D eigenvalue weighted by atomic mass is 32.2. The number of ether oxygens (including phenoxy) is 1. The summed E-state index contributed by atoms with van der Waals surface area (Å²) in [5.41, 5.74) is 0.633. The molecule has 0 spiro atoms. The zero-order valence-electron chi connectivity index (χ0n) is 13.7. The molecule has 1 aliphatic heterocycles. The van der Waals surface area contributed by atoms with Gasteiger partial charge in [0.25, 0.3) is 10.2 Å². The van der Waals surface area contributed by atoms with Crippen molar-refractivity contribution in [2.45, 2.75) is 32.4 Å². The van der Waals surface area contributed by atoms with Crippen molar-refractivity contribution in [1.82, 2.24) is 9.62 Å². The van der Waals surface area contributed by atoms with Crippen LogP contribution in [0.1, 0.15) is 31.4 Å². The van der Waals surface area contributed by atoms with Crippen LogP contribution in [0.3, 0.4) is 0 Å². The van der Waals surface area contributed by atoms with Gasteiger partial charge in [-0.15, -0.1) is 0 Å². The number of piperidine rings is 1. The van der Waals surface area contributed by atoms with Crippen LogP contribution in [0, 0.1) is 5.92 Å². The lowest BCUT2D eigenvalue weighted by atomic mass is 9.96. The van der Waals surface area contributed by atoms with Gasteiger partial charge in [0.1, 0.15) is 5.75 Å². The first-order chi connectivity index (χ1) is 11.7. The molecule has 0 bridgehead atoms. The first-order valence-electron chi connectivity index (χ1n) is 7.80. The fourth-order valence-electron chi connectivity index (χ4n) is 2.75. The highest BCUT2D eigenvalue weighted by Crippen LogP contribution is 2.23. The summed E-state index contributed by atoms with van der Waals surface area (Å²) in [6.07, 6.45) is 0.757. The second-order valence-electron chi connectivity index (χ2n) is 5.90. The standard InChI is InChI=1S/C15H21F2N3O4S/c1-10(12-3-2-4-13(9-12)24-15(16)17)19-14(21)11-5-7-20(8-6-11)25(18,22)23/h2-4,9-11,15H,5-8H2,1H3,(H,19,21)(H2,18,22,23)/t10-/m1/s1. The minimum absolute atomic E-state index is 0.0232. The first kappa shape index (κ1) is 19.5. The molecule has 1 atom stereocenters. The van der Waals surface area contributed by atoms with Crippen LogP contribution < -0.4 is 15.2 Å². The average Bonchev–Trinajstić information content (AvgIpc) is 2.53. The van der Waals surface area contributed by atoms with E-state index in [1.807, 2.05) is 0 Å². The van der Waals surface area contributed by atoms with E-state index in [0.717, 1.165) is 4.31 Å². The topological polar surface area (TPSA) is 102 Å². The average molecular weight is 377 g/mol. The predicted molar refractivity (Wildman–Crippen MR) is 87.0 cm³/mol. The molecule has 1 fully saturated rings. The van der Waals surface area contributed by atoms with Gasteiger partial charge < -0.3 is 10.1 Å². The Bertz CT molecular complexity index is 706. The van der Waals surface area contributed by atoms with E-state index in [9.17, 15) is 22.0 Å². The minimum Gasteiger partial charge on any atom is -0.435 e. The number of nitrogens with one attached hydrogen (secondary N) is 1. The fourth-order valence-corrected chi connectivity index (χ4v) is 3.47. The lowest BCUT2D eigenvalue weighted by molar-refractivity contribution is -0.126. The summed E-state index contributed by atoms with van der Waals surface area (Å²) in [4.78, 5) is 12.3. The molecule has 0 saturated carbocycles. The van der Waals surface area contributed by atoms with E-state index in [1.165, 1.54) is 12.1 Å². The third-order valence-electron chi connectivity index (χ3n) is 4.13. The van der Waals surface area contributed by atoms with Gasteiger partial charge in [0.05, 0.1) is 6.04 Å². The molecule has 1 aliphatic rings. The van der Waals surface area contributed by atoms with Crippen LogP contribution in [-0.2, 0) is 15.0 Å². The van der Waals surface area contributed by atoms with Gasteiger partial charge in [-0.3, -0.25) is 4.79 Å². The van der Waals surface area contributed by atoms with Gasteiger partial charge in [-0.25, -0.2) is 5.14 Å². The maximum atomic E-state index is 12.3. The Morgan fingerprint density at radius 1 is 1.36 bits per heavy atom. The number of hydrogen-bond donors (Lipinski definition) is 2. The Labute approximate surface area is 145 Å². The summed E-state index contributed by atoms with van der Waals surface area (Å²) in [6, 6.07) is 5.73. The second kappa shape index (κ2) is 8.07. The van der Waals surface area contributed by atoms with Gasteiger partial charge in [0.15, 0.2) is 0 Å². The van der Waals surface area contributed by atoms with Crippen LogP contribution in [0.2, 0.25) is 0 Å². The summed E-state index contributed by atoms with van der Waals surface area (Å²) in [5, 5.41) is 7.89. The summed E-state index contributed by atoms with van der Waals surface area (Å²) in [7, 11) is -3.73. The Morgan fingerprint density at radius 3 is 2.56 bits per heavy atom. The number of hydrogen-bond acceptors (Lipinski definition) is 4. The molecule has 1 saturated heterocycles. The smallest absolute Gasteiger partial charge is 0.387 e. The van der Waals surface area contributed by atoms with Crippen LogP contribution in [0.25, 0.3) is 0 Å². The Balaban J connectivity index is 1.92. The van der Waals surface area contributed by atoms with Crippen molar-refractivity contribution in [3.05, 3.63) is 29.8 Å². The maximum absolute atomic E-state index is 12.3. The summed E-state index contributed by atoms with van der Waals surface area (Å²) in [5.74, 6) is -0.502. The van der Waals surface area contributed by atoms with Crippen LogP contribution in [0.15, 0.2) is 24.3 Å². The first-order valence-corrected chi connectivity index (χ1v) is 9.30. The molecule has 1 aromatic rings. The molecule has 7 nitrogen and oxygen atoms in total. The van der Waals surface area contributed by atoms with Gasteiger partial charge in [0, 0.05) is 19.0 Å². The zero-order valence-corrected chi connectivity index (χ0v) is 14.5. The van der Waals surface area contributed by atoms with Crippen LogP contribution in [0.4, 0.5) is 8.78 Å². The van der Waals surface area contributed by atoms with Crippen molar-refractivity contribution in [1.29, 1.82) is 0 Å². The highest BCUT2D eigenvalue weighted by Gasteiger charge is 2.29. The summed E-state index contributed by atoms with van der Waals surface area (Å²) in [6.45, 7) is -0.783. The molecule has 1 heterocycles. The van der Waals surface area contributed by atoms with Crippen LogP contribution in [-0.4, -0.2) is 38.3 Å². The van der Waals surface area contributed by atoms with E-state index < -0.39 is 22.9 Å². The number of nitrogens with zero attached hydrogens (tertiary/aromatic N) is 1. The molecule has 25 heavy (non-hydrogen) atoms. The molecule has 2 rings (SSSR count). The number of benzene rings is 1. The zero-order chi connectivity index (χ0) is 18.6. The van der Waals surface area contributed by atoms with Gasteiger partial charge in [0.2, 0.25) is 5.91 Å². The lowest BCUT2D eigenvalue weighted by Gasteiger charge is -2.29. The Morgan fingerprint density at radius 2 is 2.00 bits per heavy atom. The van der Waals surface area contributed by atoms with Crippen molar-refractivity contribution < 1.29 is 26.7 Å². The monoisotopic (exact) mass is 377 g/mol. The van der Waals surface area contributed by atoms with Crippen molar-refractivity contribution in [3.63, 3.8) is 0 Å². The summed E-state index contributed by atoms with van der Waals surface area (Å²) < 4.78 is 52.6. The largest absolute Gasteiger partial charge is 0.435 e. The Kier molecular flexibility index (Phi) is 6.31. The van der Waals surface area contributed by atoms with Gasteiger partial charge in [-0.05, 0) is 37.5 Å². The number of carbonyl (C=O) groups is 1. The molecule has 0 aromatic heterocycles. The number of nitrogens with two attached hydrogens (primary N) is 1. The second-order valence-corrected chi connectivity index (χ2v) is 7.45. The molecule has 140 valence electrons. The predicted octanol–water partition coefficient (Wildman–Crippen LogP) is 1.38. The van der Waals surface area contributed by atoms with E-state index in [0.29, 0.717) is 18.4 Å². The molecular weight excluding hydrogens is 356 g/mol. The van der Waals surface area contributed by atoms with Gasteiger partial charge in [-0.1, -0.05) is 12.1 Å². The van der Waals surface area contributed by atoms with Crippen LogP contribution in [0.5, 0.6) is 5.75 Å². The third kappa shape index (κ3) is 5.62. The third-order valence-corrected chi connectivity index (χ3v) is 5.21. The van der Waals surface area contributed by atoms with E-state index >= 15 is 0 Å². The minimum atomic E-state index is -3.73. The molecular formula is C15H21F2N3O4S. The Hall–Kier alpha value is -1.78. The van der Waals surface area contributed by atoms with Crippen molar-refractivity contribution in [3.8, 4) is 5.75 Å². The number of carbonyl (C=O) groups excluding carboxylic acids is 1. The quantitative estimate of drug-likeness (QED) is 0.782. The molecule has 1 amide bonds. The molecule has 10 heteroatoms.